The minimum absolute atomic E-state index is 0.0688. The molecule has 1 saturated heterocycles. The Morgan fingerprint density at radius 3 is 2.64 bits per heavy atom. The molecule has 0 aromatic carbocycles. The lowest BCUT2D eigenvalue weighted by Gasteiger charge is -2.31. The van der Waals surface area contributed by atoms with E-state index in [0.717, 1.165) is 49.1 Å². The van der Waals surface area contributed by atoms with Gasteiger partial charge in [-0.1, -0.05) is 13.8 Å². The van der Waals surface area contributed by atoms with Crippen molar-refractivity contribution in [2.45, 2.75) is 57.9 Å². The number of rotatable bonds is 5. The predicted octanol–water partition coefficient (Wildman–Crippen LogP) is 3.01. The van der Waals surface area contributed by atoms with Gasteiger partial charge >= 0.3 is 0 Å². The number of anilines is 1. The summed E-state index contributed by atoms with van der Waals surface area (Å²) in [5, 5.41) is 1.07. The van der Waals surface area contributed by atoms with Crippen LogP contribution in [0.25, 0.3) is 0 Å². The molecule has 2 aliphatic rings. The topological polar surface area (TPSA) is 63.9 Å². The van der Waals surface area contributed by atoms with E-state index in [9.17, 15) is 4.79 Å². The zero-order valence-electron chi connectivity index (χ0n) is 14.9. The standard InChI is InChI=1S/C18H25N5OS/c1-12(2)15-9-16(24)23(11-19-15)10-13-5-7-22(8-6-13)18-20-17(21-25-18)14-3-4-14/h9,11-14H,3-8,10H2,1-2H3. The summed E-state index contributed by atoms with van der Waals surface area (Å²) in [6.45, 7) is 6.88. The van der Waals surface area contributed by atoms with Gasteiger partial charge in [-0.15, -0.1) is 0 Å². The van der Waals surface area contributed by atoms with Crippen molar-refractivity contribution < 1.29 is 0 Å². The van der Waals surface area contributed by atoms with E-state index in [1.165, 1.54) is 24.4 Å². The molecular formula is C18H25N5OS. The van der Waals surface area contributed by atoms with Crippen LogP contribution in [0.2, 0.25) is 0 Å². The van der Waals surface area contributed by atoms with E-state index in [2.05, 4.69) is 28.1 Å². The molecule has 0 amide bonds. The maximum Gasteiger partial charge on any atom is 0.253 e. The molecule has 0 unspecified atom stereocenters. The first-order chi connectivity index (χ1) is 12.1. The first-order valence-corrected chi connectivity index (χ1v) is 10.0. The number of aromatic nitrogens is 4. The van der Waals surface area contributed by atoms with Crippen LogP contribution in [0.1, 0.15) is 62.9 Å². The van der Waals surface area contributed by atoms with Crippen LogP contribution < -0.4 is 10.5 Å². The van der Waals surface area contributed by atoms with Gasteiger partial charge in [-0.2, -0.15) is 4.37 Å². The summed E-state index contributed by atoms with van der Waals surface area (Å²) in [4.78, 5) is 23.8. The van der Waals surface area contributed by atoms with Gasteiger partial charge in [-0.3, -0.25) is 9.36 Å². The van der Waals surface area contributed by atoms with Crippen molar-refractivity contribution in [3.8, 4) is 0 Å². The molecule has 134 valence electrons. The van der Waals surface area contributed by atoms with E-state index in [1.54, 1.807) is 17.0 Å². The molecule has 1 aliphatic carbocycles. The lowest BCUT2D eigenvalue weighted by atomic mass is 9.97. The van der Waals surface area contributed by atoms with Crippen LogP contribution in [0.15, 0.2) is 17.2 Å². The van der Waals surface area contributed by atoms with E-state index in [-0.39, 0.29) is 11.5 Å². The molecular weight excluding hydrogens is 334 g/mol. The van der Waals surface area contributed by atoms with Crippen LogP contribution in [0.5, 0.6) is 0 Å². The fourth-order valence-electron chi connectivity index (χ4n) is 3.34. The van der Waals surface area contributed by atoms with Crippen molar-refractivity contribution in [2.24, 2.45) is 5.92 Å². The summed E-state index contributed by atoms with van der Waals surface area (Å²) < 4.78 is 6.28. The Kier molecular flexibility index (Phi) is 4.58. The molecule has 2 aromatic heterocycles. The minimum atomic E-state index is 0.0688. The molecule has 4 rings (SSSR count). The molecule has 0 N–H and O–H groups in total. The first kappa shape index (κ1) is 16.7. The molecule has 2 fully saturated rings. The van der Waals surface area contributed by atoms with Gasteiger partial charge in [0, 0.05) is 43.2 Å². The highest BCUT2D eigenvalue weighted by Crippen LogP contribution is 2.40. The lowest BCUT2D eigenvalue weighted by molar-refractivity contribution is 0.350. The first-order valence-electron chi connectivity index (χ1n) is 9.25. The van der Waals surface area contributed by atoms with Gasteiger partial charge in [0.1, 0.15) is 5.82 Å². The third kappa shape index (κ3) is 3.76. The largest absolute Gasteiger partial charge is 0.347 e. The summed E-state index contributed by atoms with van der Waals surface area (Å²) in [5.74, 6) is 2.48. The highest BCUT2D eigenvalue weighted by Gasteiger charge is 2.29. The third-order valence-electron chi connectivity index (χ3n) is 5.21. The molecule has 3 heterocycles. The van der Waals surface area contributed by atoms with E-state index in [4.69, 9.17) is 4.98 Å². The Bertz CT molecular complexity index is 787. The second-order valence-electron chi connectivity index (χ2n) is 7.60. The molecule has 7 heteroatoms. The van der Waals surface area contributed by atoms with Gasteiger partial charge in [0.15, 0.2) is 0 Å². The molecule has 1 aliphatic heterocycles. The zero-order chi connectivity index (χ0) is 17.4. The predicted molar refractivity (Wildman–Crippen MR) is 99.4 cm³/mol. The maximum absolute atomic E-state index is 12.3. The van der Waals surface area contributed by atoms with Crippen molar-refractivity contribution in [1.82, 2.24) is 18.9 Å². The molecule has 1 saturated carbocycles. The Morgan fingerprint density at radius 2 is 2.00 bits per heavy atom. The summed E-state index contributed by atoms with van der Waals surface area (Å²) in [7, 11) is 0. The van der Waals surface area contributed by atoms with Crippen LogP contribution in [-0.4, -0.2) is 32.0 Å². The minimum Gasteiger partial charge on any atom is -0.347 e. The summed E-state index contributed by atoms with van der Waals surface area (Å²) in [5.41, 5.74) is 0.943. The third-order valence-corrected chi connectivity index (χ3v) is 6.00. The maximum atomic E-state index is 12.3. The van der Waals surface area contributed by atoms with Crippen molar-refractivity contribution >= 4 is 16.7 Å². The number of nitrogens with zero attached hydrogens (tertiary/aromatic N) is 5. The molecule has 0 spiro atoms. The number of piperidine rings is 1. The van der Waals surface area contributed by atoms with Crippen LogP contribution in [0.3, 0.4) is 0 Å². The van der Waals surface area contributed by atoms with Crippen molar-refractivity contribution in [3.63, 3.8) is 0 Å². The van der Waals surface area contributed by atoms with Crippen LogP contribution in [0, 0.1) is 5.92 Å². The molecule has 0 radical (unpaired) electrons. The van der Waals surface area contributed by atoms with Gasteiger partial charge in [0.25, 0.3) is 5.56 Å². The Labute approximate surface area is 152 Å². The van der Waals surface area contributed by atoms with Crippen molar-refractivity contribution in [1.29, 1.82) is 0 Å². The Balaban J connectivity index is 1.34. The number of hydrogen-bond donors (Lipinski definition) is 0. The lowest BCUT2D eigenvalue weighted by Crippen LogP contribution is -2.36. The van der Waals surface area contributed by atoms with E-state index < -0.39 is 0 Å². The van der Waals surface area contributed by atoms with Gasteiger partial charge in [-0.05, 0) is 37.5 Å². The quantitative estimate of drug-likeness (QED) is 0.821. The van der Waals surface area contributed by atoms with Crippen LogP contribution >= 0.6 is 11.5 Å². The molecule has 0 bridgehead atoms. The average molecular weight is 359 g/mol. The highest BCUT2D eigenvalue weighted by molar-refractivity contribution is 7.09. The molecule has 2 aromatic rings. The summed E-state index contributed by atoms with van der Waals surface area (Å²) in [6, 6.07) is 1.68. The van der Waals surface area contributed by atoms with Gasteiger partial charge in [0.2, 0.25) is 5.13 Å². The van der Waals surface area contributed by atoms with Crippen LogP contribution in [-0.2, 0) is 6.54 Å². The fourth-order valence-corrected chi connectivity index (χ4v) is 4.14. The highest BCUT2D eigenvalue weighted by atomic mass is 32.1. The second-order valence-corrected chi connectivity index (χ2v) is 8.33. The normalized spacial score (nSPS) is 18.9. The van der Waals surface area contributed by atoms with Gasteiger partial charge in [0.05, 0.1) is 12.0 Å². The molecule has 6 nitrogen and oxygen atoms in total. The average Bonchev–Trinajstić information content (AvgIpc) is 3.34. The summed E-state index contributed by atoms with van der Waals surface area (Å²) in [6.07, 6.45) is 6.37. The second kappa shape index (κ2) is 6.86. The SMILES string of the molecule is CC(C)c1cc(=O)n(CC2CCN(c3nc(C4CC4)ns3)CC2)cn1. The van der Waals surface area contributed by atoms with Crippen molar-refractivity contribution in [2.75, 3.05) is 18.0 Å². The van der Waals surface area contributed by atoms with Crippen molar-refractivity contribution in [3.05, 3.63) is 34.3 Å². The Hall–Kier alpha value is -1.76. The van der Waals surface area contributed by atoms with Crippen LogP contribution in [0.4, 0.5) is 5.13 Å². The van der Waals surface area contributed by atoms with E-state index in [0.29, 0.717) is 11.8 Å². The smallest absolute Gasteiger partial charge is 0.253 e. The fraction of sp³-hybridized carbons (Fsp3) is 0.667. The van der Waals surface area contributed by atoms with Gasteiger partial charge < -0.3 is 4.90 Å². The Morgan fingerprint density at radius 1 is 1.24 bits per heavy atom. The van der Waals surface area contributed by atoms with E-state index >= 15 is 0 Å². The number of hydrogen-bond acceptors (Lipinski definition) is 6. The van der Waals surface area contributed by atoms with Gasteiger partial charge in [-0.25, -0.2) is 9.97 Å². The summed E-state index contributed by atoms with van der Waals surface area (Å²) >= 11 is 1.54. The molecule has 25 heavy (non-hydrogen) atoms. The zero-order valence-corrected chi connectivity index (χ0v) is 15.7. The monoisotopic (exact) mass is 359 g/mol. The van der Waals surface area contributed by atoms with E-state index in [1.807, 2.05) is 0 Å². The molecule has 0 atom stereocenters.